The molecule has 1 fully saturated rings. The monoisotopic (exact) mass is 224 g/mol. The van der Waals surface area contributed by atoms with E-state index in [1.165, 1.54) is 0 Å². The van der Waals surface area contributed by atoms with Gasteiger partial charge < -0.3 is 10.2 Å². The van der Waals surface area contributed by atoms with Crippen LogP contribution >= 0.6 is 0 Å². The lowest BCUT2D eigenvalue weighted by Crippen LogP contribution is -2.47. The van der Waals surface area contributed by atoms with E-state index < -0.39 is 0 Å². The van der Waals surface area contributed by atoms with Crippen LogP contribution in [0, 0.1) is 0 Å². The Morgan fingerprint density at radius 1 is 1.62 bits per heavy atom. The van der Waals surface area contributed by atoms with Gasteiger partial charge in [-0.05, 0) is 32.0 Å². The first-order valence-corrected chi connectivity index (χ1v) is 5.41. The highest BCUT2D eigenvalue weighted by molar-refractivity contribution is 5.90. The van der Waals surface area contributed by atoms with E-state index in [2.05, 4.69) is 44.8 Å². The fourth-order valence-corrected chi connectivity index (χ4v) is 1.93. The molecule has 1 aromatic heterocycles. The van der Waals surface area contributed by atoms with Crippen LogP contribution in [0.3, 0.4) is 0 Å². The molecule has 2 rings (SSSR count). The largest absolute Gasteiger partial charge is 0.346 e. The van der Waals surface area contributed by atoms with E-state index >= 15 is 0 Å². The van der Waals surface area contributed by atoms with E-state index in [9.17, 15) is 4.79 Å². The van der Waals surface area contributed by atoms with E-state index in [0.29, 0.717) is 6.04 Å². The van der Waals surface area contributed by atoms with Crippen molar-refractivity contribution in [3.63, 3.8) is 0 Å². The summed E-state index contributed by atoms with van der Waals surface area (Å²) in [5, 5.41) is 15.8. The van der Waals surface area contributed by atoms with Crippen LogP contribution in [0.15, 0.2) is 0 Å². The van der Waals surface area contributed by atoms with Crippen LogP contribution in [0.2, 0.25) is 0 Å². The summed E-state index contributed by atoms with van der Waals surface area (Å²) >= 11 is 0. The van der Waals surface area contributed by atoms with Crippen LogP contribution in [0.25, 0.3) is 0 Å². The number of nitrogens with one attached hydrogen (secondary N) is 2. The van der Waals surface area contributed by atoms with Gasteiger partial charge in [-0.25, -0.2) is 0 Å². The first-order valence-electron chi connectivity index (χ1n) is 5.41. The highest BCUT2D eigenvalue weighted by Crippen LogP contribution is 2.15. The van der Waals surface area contributed by atoms with Crippen LogP contribution in [-0.4, -0.2) is 57.1 Å². The van der Waals surface area contributed by atoms with Gasteiger partial charge in [-0.15, -0.1) is 10.2 Å². The number of nitrogens with zero attached hydrogens (tertiary/aromatic N) is 4. The van der Waals surface area contributed by atoms with E-state index in [-0.39, 0.29) is 17.8 Å². The third kappa shape index (κ3) is 2.35. The lowest BCUT2D eigenvalue weighted by atomic mass is 9.99. The second-order valence-corrected chi connectivity index (χ2v) is 4.26. The molecule has 0 saturated carbocycles. The maximum absolute atomic E-state index is 11.7. The molecule has 0 aliphatic carbocycles. The SMILES string of the molecule is CC1CC(NC(=O)c2nn[nH]n2)CCN1C. The molecule has 16 heavy (non-hydrogen) atoms. The van der Waals surface area contributed by atoms with E-state index in [1.807, 2.05) is 0 Å². The second-order valence-electron chi connectivity index (χ2n) is 4.26. The van der Waals surface area contributed by atoms with E-state index in [4.69, 9.17) is 0 Å². The molecule has 2 heterocycles. The molecule has 1 aliphatic heterocycles. The molecule has 0 aromatic carbocycles. The number of hydrogen-bond acceptors (Lipinski definition) is 5. The highest BCUT2D eigenvalue weighted by Gasteiger charge is 2.25. The maximum Gasteiger partial charge on any atom is 0.293 e. The average molecular weight is 224 g/mol. The average Bonchev–Trinajstić information content (AvgIpc) is 2.77. The Hall–Kier alpha value is -1.50. The third-order valence-electron chi connectivity index (χ3n) is 3.09. The molecule has 0 spiro atoms. The Kier molecular flexibility index (Phi) is 3.14. The molecule has 1 amide bonds. The second kappa shape index (κ2) is 4.56. The molecule has 7 heteroatoms. The molecule has 1 aliphatic rings. The number of aromatic nitrogens is 4. The molecule has 1 saturated heterocycles. The summed E-state index contributed by atoms with van der Waals surface area (Å²) < 4.78 is 0. The Morgan fingerprint density at radius 2 is 2.44 bits per heavy atom. The summed E-state index contributed by atoms with van der Waals surface area (Å²) in [5.41, 5.74) is 0. The van der Waals surface area contributed by atoms with Crippen molar-refractivity contribution in [2.75, 3.05) is 13.6 Å². The van der Waals surface area contributed by atoms with Crippen molar-refractivity contribution in [3.8, 4) is 0 Å². The van der Waals surface area contributed by atoms with Gasteiger partial charge in [0, 0.05) is 18.6 Å². The quantitative estimate of drug-likeness (QED) is 0.701. The normalized spacial score (nSPS) is 26.6. The van der Waals surface area contributed by atoms with E-state index in [0.717, 1.165) is 19.4 Å². The molecule has 2 atom stereocenters. The van der Waals surface area contributed by atoms with Gasteiger partial charge in [-0.2, -0.15) is 5.21 Å². The van der Waals surface area contributed by atoms with Gasteiger partial charge in [0.05, 0.1) is 0 Å². The number of H-pyrrole nitrogens is 1. The molecule has 2 unspecified atom stereocenters. The third-order valence-corrected chi connectivity index (χ3v) is 3.09. The van der Waals surface area contributed by atoms with E-state index in [1.54, 1.807) is 0 Å². The summed E-state index contributed by atoms with van der Waals surface area (Å²) in [6, 6.07) is 0.696. The summed E-state index contributed by atoms with van der Waals surface area (Å²) in [7, 11) is 2.10. The summed E-state index contributed by atoms with van der Waals surface area (Å²) in [4.78, 5) is 13.9. The number of amides is 1. The Bertz CT molecular complexity index is 351. The van der Waals surface area contributed by atoms with Crippen molar-refractivity contribution >= 4 is 5.91 Å². The molecule has 0 bridgehead atoms. The Morgan fingerprint density at radius 3 is 3.06 bits per heavy atom. The minimum atomic E-state index is -0.254. The zero-order valence-electron chi connectivity index (χ0n) is 9.47. The van der Waals surface area contributed by atoms with Crippen LogP contribution in [-0.2, 0) is 0 Å². The minimum absolute atomic E-state index is 0.103. The smallest absolute Gasteiger partial charge is 0.293 e. The number of hydrogen-bond donors (Lipinski definition) is 2. The molecule has 1 aromatic rings. The van der Waals surface area contributed by atoms with Gasteiger partial charge >= 0.3 is 0 Å². The van der Waals surface area contributed by atoms with Gasteiger partial charge in [0.2, 0.25) is 0 Å². The van der Waals surface area contributed by atoms with Gasteiger partial charge in [0.1, 0.15) is 0 Å². The molecule has 7 nitrogen and oxygen atoms in total. The molecular formula is C9H16N6O. The van der Waals surface area contributed by atoms with Crippen molar-refractivity contribution in [2.24, 2.45) is 0 Å². The van der Waals surface area contributed by atoms with Crippen molar-refractivity contribution in [2.45, 2.75) is 31.8 Å². The predicted molar refractivity (Wildman–Crippen MR) is 56.8 cm³/mol. The zero-order chi connectivity index (χ0) is 11.5. The van der Waals surface area contributed by atoms with Crippen LogP contribution in [0.1, 0.15) is 30.4 Å². The number of likely N-dealkylation sites (tertiary alicyclic amines) is 1. The van der Waals surface area contributed by atoms with Crippen molar-refractivity contribution < 1.29 is 4.79 Å². The standard InChI is InChI=1S/C9H16N6O/c1-6-5-7(3-4-15(6)2)10-9(16)8-11-13-14-12-8/h6-7H,3-5H2,1-2H3,(H,10,16)(H,11,12,13,14). The Labute approximate surface area is 93.6 Å². The highest BCUT2D eigenvalue weighted by atomic mass is 16.2. The van der Waals surface area contributed by atoms with Gasteiger partial charge in [-0.1, -0.05) is 0 Å². The number of carbonyl (C=O) groups excluding carboxylic acids is 1. The first-order chi connectivity index (χ1) is 7.66. The number of piperidine rings is 1. The summed E-state index contributed by atoms with van der Waals surface area (Å²) in [6.07, 6.45) is 1.92. The van der Waals surface area contributed by atoms with Crippen LogP contribution in [0.5, 0.6) is 0 Å². The minimum Gasteiger partial charge on any atom is -0.346 e. The number of aromatic amines is 1. The van der Waals surface area contributed by atoms with Gasteiger partial charge in [0.25, 0.3) is 11.7 Å². The van der Waals surface area contributed by atoms with Crippen molar-refractivity contribution in [3.05, 3.63) is 5.82 Å². The maximum atomic E-state index is 11.7. The van der Waals surface area contributed by atoms with Crippen molar-refractivity contribution in [1.82, 2.24) is 30.8 Å². The van der Waals surface area contributed by atoms with Gasteiger partial charge in [0.15, 0.2) is 0 Å². The fraction of sp³-hybridized carbons (Fsp3) is 0.778. The first kappa shape index (κ1) is 11.0. The van der Waals surface area contributed by atoms with Crippen molar-refractivity contribution in [1.29, 1.82) is 0 Å². The lowest BCUT2D eigenvalue weighted by molar-refractivity contribution is 0.0886. The zero-order valence-corrected chi connectivity index (χ0v) is 9.47. The number of rotatable bonds is 2. The van der Waals surface area contributed by atoms with Gasteiger partial charge in [-0.3, -0.25) is 4.79 Å². The summed E-state index contributed by atoms with van der Waals surface area (Å²) in [5.74, 6) is -0.151. The van der Waals surface area contributed by atoms with Crippen LogP contribution < -0.4 is 5.32 Å². The molecular weight excluding hydrogens is 208 g/mol. The molecule has 88 valence electrons. The lowest BCUT2D eigenvalue weighted by Gasteiger charge is -2.35. The van der Waals surface area contributed by atoms with Crippen LogP contribution in [0.4, 0.5) is 0 Å². The molecule has 0 radical (unpaired) electrons. The number of tetrazole rings is 1. The topological polar surface area (TPSA) is 86.8 Å². The molecule has 2 N–H and O–H groups in total. The number of carbonyl (C=O) groups is 1. The Balaban J connectivity index is 1.89. The predicted octanol–water partition coefficient (Wildman–Crippen LogP) is -0.588. The summed E-state index contributed by atoms with van der Waals surface area (Å²) in [6.45, 7) is 3.16. The fourth-order valence-electron chi connectivity index (χ4n) is 1.93.